The van der Waals surface area contributed by atoms with Crippen LogP contribution in [0.4, 0.5) is 0 Å². The standard InChI is InChI=1S/C19H34N4O2S.HI/c1-6-23(7-2)13-9-8-12-21-19(20-4)22-15-17-10-11-18(16(3)14-17)26(5,24)25;/h10-11,14H,6-9,12-13,15H2,1-5H3,(H2,20,21,22);1H. The van der Waals surface area contributed by atoms with Gasteiger partial charge in [-0.15, -0.1) is 24.0 Å². The smallest absolute Gasteiger partial charge is 0.191 e. The third-order valence-corrected chi connectivity index (χ3v) is 5.67. The zero-order valence-corrected chi connectivity index (χ0v) is 20.4. The van der Waals surface area contributed by atoms with Gasteiger partial charge in [-0.3, -0.25) is 4.99 Å². The molecular formula is C19H35IN4O2S. The minimum absolute atomic E-state index is 0. The highest BCUT2D eigenvalue weighted by molar-refractivity contribution is 14.0. The number of guanidine groups is 1. The molecule has 0 fully saturated rings. The molecule has 0 spiro atoms. The van der Waals surface area contributed by atoms with Crippen molar-refractivity contribution in [2.24, 2.45) is 4.99 Å². The van der Waals surface area contributed by atoms with Gasteiger partial charge in [0.25, 0.3) is 0 Å². The fraction of sp³-hybridized carbons (Fsp3) is 0.632. The Labute approximate surface area is 182 Å². The number of nitrogens with one attached hydrogen (secondary N) is 2. The van der Waals surface area contributed by atoms with E-state index in [9.17, 15) is 8.42 Å². The van der Waals surface area contributed by atoms with Crippen molar-refractivity contribution in [3.8, 4) is 0 Å². The lowest BCUT2D eigenvalue weighted by Crippen LogP contribution is -2.37. The number of sulfone groups is 1. The molecule has 0 heterocycles. The van der Waals surface area contributed by atoms with E-state index in [4.69, 9.17) is 0 Å². The first-order valence-electron chi connectivity index (χ1n) is 9.28. The van der Waals surface area contributed by atoms with Crippen molar-refractivity contribution < 1.29 is 8.42 Å². The minimum atomic E-state index is -3.17. The Morgan fingerprint density at radius 3 is 2.33 bits per heavy atom. The largest absolute Gasteiger partial charge is 0.356 e. The van der Waals surface area contributed by atoms with Crippen LogP contribution in [0.1, 0.15) is 37.8 Å². The highest BCUT2D eigenvalue weighted by atomic mass is 127. The summed E-state index contributed by atoms with van der Waals surface area (Å²) >= 11 is 0. The van der Waals surface area contributed by atoms with E-state index in [1.807, 2.05) is 19.1 Å². The van der Waals surface area contributed by atoms with E-state index >= 15 is 0 Å². The molecule has 0 radical (unpaired) electrons. The van der Waals surface area contributed by atoms with Crippen LogP contribution >= 0.6 is 24.0 Å². The van der Waals surface area contributed by atoms with Gasteiger partial charge in [-0.05, 0) is 56.6 Å². The van der Waals surface area contributed by atoms with Crippen molar-refractivity contribution in [3.05, 3.63) is 29.3 Å². The lowest BCUT2D eigenvalue weighted by Gasteiger charge is -2.18. The number of aliphatic imine (C=N–C) groups is 1. The Morgan fingerprint density at radius 1 is 1.15 bits per heavy atom. The van der Waals surface area contributed by atoms with Gasteiger partial charge in [0.05, 0.1) is 4.90 Å². The first-order chi connectivity index (χ1) is 12.3. The fourth-order valence-electron chi connectivity index (χ4n) is 2.85. The molecule has 0 bridgehead atoms. The molecular weight excluding hydrogens is 475 g/mol. The highest BCUT2D eigenvalue weighted by Gasteiger charge is 2.10. The van der Waals surface area contributed by atoms with Gasteiger partial charge in [0.1, 0.15) is 0 Å². The predicted molar refractivity (Wildman–Crippen MR) is 125 cm³/mol. The highest BCUT2D eigenvalue weighted by Crippen LogP contribution is 2.16. The Morgan fingerprint density at radius 2 is 1.81 bits per heavy atom. The third-order valence-electron chi connectivity index (χ3n) is 4.41. The molecule has 1 rings (SSSR count). The van der Waals surface area contributed by atoms with Crippen LogP contribution in [0.3, 0.4) is 0 Å². The molecule has 2 N–H and O–H groups in total. The summed E-state index contributed by atoms with van der Waals surface area (Å²) in [5, 5.41) is 6.60. The number of aryl methyl sites for hydroxylation is 1. The number of hydrogen-bond acceptors (Lipinski definition) is 4. The van der Waals surface area contributed by atoms with Crippen molar-refractivity contribution >= 4 is 39.8 Å². The van der Waals surface area contributed by atoms with Gasteiger partial charge in [0.15, 0.2) is 15.8 Å². The average Bonchev–Trinajstić information content (AvgIpc) is 2.59. The molecule has 8 heteroatoms. The number of unbranched alkanes of at least 4 members (excludes halogenated alkanes) is 1. The molecule has 156 valence electrons. The van der Waals surface area contributed by atoms with E-state index in [2.05, 4.69) is 34.4 Å². The summed E-state index contributed by atoms with van der Waals surface area (Å²) < 4.78 is 23.4. The molecule has 0 aliphatic rings. The summed E-state index contributed by atoms with van der Waals surface area (Å²) in [5.41, 5.74) is 1.80. The Kier molecular flexibility index (Phi) is 12.9. The first-order valence-corrected chi connectivity index (χ1v) is 11.2. The molecule has 0 aromatic heterocycles. The number of halogens is 1. The number of nitrogens with zero attached hydrogens (tertiary/aromatic N) is 2. The van der Waals surface area contributed by atoms with E-state index < -0.39 is 9.84 Å². The Bertz CT molecular complexity index is 689. The van der Waals surface area contributed by atoms with Crippen LogP contribution in [-0.2, 0) is 16.4 Å². The second-order valence-corrected chi connectivity index (χ2v) is 8.44. The molecule has 0 saturated heterocycles. The third kappa shape index (κ3) is 9.75. The van der Waals surface area contributed by atoms with Gasteiger partial charge in [-0.25, -0.2) is 8.42 Å². The molecule has 1 aromatic rings. The SMILES string of the molecule is CCN(CC)CCCCNC(=NC)NCc1ccc(S(C)(=O)=O)c(C)c1.I. The van der Waals surface area contributed by atoms with Crippen molar-refractivity contribution in [1.29, 1.82) is 0 Å². The fourth-order valence-corrected chi connectivity index (χ4v) is 3.81. The lowest BCUT2D eigenvalue weighted by molar-refractivity contribution is 0.297. The number of hydrogen-bond donors (Lipinski definition) is 2. The van der Waals surface area contributed by atoms with Gasteiger partial charge in [0, 0.05) is 26.4 Å². The van der Waals surface area contributed by atoms with Crippen LogP contribution in [0.2, 0.25) is 0 Å². The van der Waals surface area contributed by atoms with E-state index in [1.165, 1.54) is 6.26 Å². The number of rotatable bonds is 10. The summed E-state index contributed by atoms with van der Waals surface area (Å²) in [4.78, 5) is 7.05. The molecule has 0 aliphatic heterocycles. The second kappa shape index (κ2) is 13.3. The maximum atomic E-state index is 11.7. The van der Waals surface area contributed by atoms with Gasteiger partial charge < -0.3 is 15.5 Å². The monoisotopic (exact) mass is 510 g/mol. The average molecular weight is 510 g/mol. The normalized spacial score (nSPS) is 12.0. The Hall–Kier alpha value is -0.870. The van der Waals surface area contributed by atoms with Crippen LogP contribution in [0.5, 0.6) is 0 Å². The molecule has 0 saturated carbocycles. The first kappa shape index (κ1) is 26.1. The maximum absolute atomic E-state index is 11.7. The second-order valence-electron chi connectivity index (χ2n) is 6.46. The Balaban J connectivity index is 0.00000676. The van der Waals surface area contributed by atoms with Crippen molar-refractivity contribution in [1.82, 2.24) is 15.5 Å². The summed E-state index contributed by atoms with van der Waals surface area (Å²) in [6.07, 6.45) is 3.50. The molecule has 27 heavy (non-hydrogen) atoms. The van der Waals surface area contributed by atoms with Gasteiger partial charge in [-0.2, -0.15) is 0 Å². The minimum Gasteiger partial charge on any atom is -0.356 e. The van der Waals surface area contributed by atoms with E-state index in [0.29, 0.717) is 11.4 Å². The van der Waals surface area contributed by atoms with Crippen molar-refractivity contribution in [2.75, 3.05) is 39.5 Å². The van der Waals surface area contributed by atoms with Crippen LogP contribution in [0.15, 0.2) is 28.1 Å². The zero-order chi connectivity index (χ0) is 19.6. The van der Waals surface area contributed by atoms with Crippen molar-refractivity contribution in [2.45, 2.75) is 45.1 Å². The van der Waals surface area contributed by atoms with Crippen LogP contribution < -0.4 is 10.6 Å². The molecule has 0 aliphatic carbocycles. The summed E-state index contributed by atoms with van der Waals surface area (Å²) in [6.45, 7) is 11.0. The van der Waals surface area contributed by atoms with Crippen LogP contribution in [-0.4, -0.2) is 58.8 Å². The van der Waals surface area contributed by atoms with Gasteiger partial charge in [0.2, 0.25) is 0 Å². The van der Waals surface area contributed by atoms with E-state index in [-0.39, 0.29) is 24.0 Å². The zero-order valence-electron chi connectivity index (χ0n) is 17.2. The molecule has 0 atom stereocenters. The van der Waals surface area contributed by atoms with Crippen LogP contribution in [0, 0.1) is 6.92 Å². The topological polar surface area (TPSA) is 73.8 Å². The summed E-state index contributed by atoms with van der Waals surface area (Å²) in [5.74, 6) is 0.762. The molecule has 0 unspecified atom stereocenters. The molecule has 0 amide bonds. The molecule has 1 aromatic carbocycles. The summed E-state index contributed by atoms with van der Waals surface area (Å²) in [6, 6.07) is 5.42. The van der Waals surface area contributed by atoms with E-state index in [0.717, 1.165) is 56.1 Å². The maximum Gasteiger partial charge on any atom is 0.191 e. The molecule has 6 nitrogen and oxygen atoms in total. The van der Waals surface area contributed by atoms with Gasteiger partial charge >= 0.3 is 0 Å². The van der Waals surface area contributed by atoms with Crippen molar-refractivity contribution in [3.63, 3.8) is 0 Å². The number of benzene rings is 1. The summed E-state index contributed by atoms with van der Waals surface area (Å²) in [7, 11) is -1.42. The van der Waals surface area contributed by atoms with E-state index in [1.54, 1.807) is 13.1 Å². The van der Waals surface area contributed by atoms with Crippen LogP contribution in [0.25, 0.3) is 0 Å². The van der Waals surface area contributed by atoms with Gasteiger partial charge in [-0.1, -0.05) is 26.0 Å². The lowest BCUT2D eigenvalue weighted by atomic mass is 10.1. The predicted octanol–water partition coefficient (Wildman–Crippen LogP) is 2.80. The quantitative estimate of drug-likeness (QED) is 0.219.